The van der Waals surface area contributed by atoms with Gasteiger partial charge >= 0.3 is 0 Å². The fraction of sp³-hybridized carbons (Fsp3) is 0.364. The lowest BCUT2D eigenvalue weighted by Gasteiger charge is -2.15. The molecule has 4 nitrogen and oxygen atoms in total. The molecule has 0 aliphatic rings. The summed E-state index contributed by atoms with van der Waals surface area (Å²) in [4.78, 5) is 15.6. The number of hydrogen-bond donors (Lipinski definition) is 0. The lowest BCUT2D eigenvalue weighted by Crippen LogP contribution is -2.09. The molecule has 0 saturated carbocycles. The van der Waals surface area contributed by atoms with Crippen molar-refractivity contribution in [3.05, 3.63) is 23.8 Å². The van der Waals surface area contributed by atoms with Crippen molar-refractivity contribution in [2.24, 2.45) is 4.99 Å². The number of nitrogens with zero attached hydrogens (tertiary/aromatic N) is 2. The summed E-state index contributed by atoms with van der Waals surface area (Å²) in [5, 5.41) is 0. The largest absolute Gasteiger partial charge is 0.496 e. The predicted octanol–water partition coefficient (Wildman–Crippen LogP) is 1.60. The number of carbonyl (C=O) groups excluding carboxylic acids is 1. The first kappa shape index (κ1) is 11.3. The molecule has 0 fully saturated rings. The summed E-state index contributed by atoms with van der Waals surface area (Å²) in [6.45, 7) is 0.300. The molecule has 0 atom stereocenters. The molecule has 0 radical (unpaired) electrons. The number of methoxy groups -OCH3 is 1. The van der Waals surface area contributed by atoms with Crippen molar-refractivity contribution in [2.45, 2.75) is 6.54 Å². The third-order valence-electron chi connectivity index (χ3n) is 2.09. The zero-order valence-electron chi connectivity index (χ0n) is 9.15. The summed E-state index contributed by atoms with van der Waals surface area (Å²) >= 11 is 0. The summed E-state index contributed by atoms with van der Waals surface area (Å²) in [6.07, 6.45) is 1.52. The molecule has 4 heteroatoms. The van der Waals surface area contributed by atoms with E-state index >= 15 is 0 Å². The van der Waals surface area contributed by atoms with Gasteiger partial charge in [0.15, 0.2) is 0 Å². The maximum Gasteiger partial charge on any atom is 0.235 e. The predicted molar refractivity (Wildman–Crippen MR) is 59.1 cm³/mol. The molecule has 0 saturated heterocycles. The second-order valence-electron chi connectivity index (χ2n) is 3.30. The zero-order chi connectivity index (χ0) is 11.3. The highest BCUT2D eigenvalue weighted by atomic mass is 16.5. The van der Waals surface area contributed by atoms with E-state index in [1.165, 1.54) is 6.08 Å². The van der Waals surface area contributed by atoms with Gasteiger partial charge in [-0.05, 0) is 18.2 Å². The van der Waals surface area contributed by atoms with E-state index < -0.39 is 0 Å². The van der Waals surface area contributed by atoms with Gasteiger partial charge in [0.2, 0.25) is 6.08 Å². The van der Waals surface area contributed by atoms with Gasteiger partial charge in [-0.3, -0.25) is 0 Å². The SMILES string of the molecule is COc1ccc(N(C)C)cc1CN=C=O. The first-order chi connectivity index (χ1) is 7.19. The number of isocyanates is 1. The normalized spacial score (nSPS) is 9.27. The van der Waals surface area contributed by atoms with Gasteiger partial charge in [0.25, 0.3) is 0 Å². The van der Waals surface area contributed by atoms with Gasteiger partial charge in [-0.15, -0.1) is 0 Å². The maximum atomic E-state index is 10.1. The average Bonchev–Trinajstić information content (AvgIpc) is 2.25. The second-order valence-corrected chi connectivity index (χ2v) is 3.30. The molecular formula is C11H14N2O2. The molecule has 0 aromatic heterocycles. The van der Waals surface area contributed by atoms with E-state index in [0.717, 1.165) is 17.0 Å². The van der Waals surface area contributed by atoms with E-state index in [-0.39, 0.29) is 0 Å². The van der Waals surface area contributed by atoms with Crippen LogP contribution in [0.5, 0.6) is 5.75 Å². The molecule has 0 aliphatic heterocycles. The van der Waals surface area contributed by atoms with Crippen molar-refractivity contribution in [2.75, 3.05) is 26.1 Å². The van der Waals surface area contributed by atoms with Crippen molar-refractivity contribution in [1.29, 1.82) is 0 Å². The molecule has 0 bridgehead atoms. The van der Waals surface area contributed by atoms with Crippen molar-refractivity contribution < 1.29 is 9.53 Å². The number of rotatable bonds is 4. The third kappa shape index (κ3) is 2.82. The molecule has 0 heterocycles. The van der Waals surface area contributed by atoms with Crippen molar-refractivity contribution in [3.8, 4) is 5.75 Å². The van der Waals surface area contributed by atoms with Crippen LogP contribution in [0.1, 0.15) is 5.56 Å². The lowest BCUT2D eigenvalue weighted by atomic mass is 10.1. The quantitative estimate of drug-likeness (QED) is 0.555. The first-order valence-corrected chi connectivity index (χ1v) is 4.57. The summed E-state index contributed by atoms with van der Waals surface area (Å²) < 4.78 is 5.17. The Morgan fingerprint density at radius 3 is 2.73 bits per heavy atom. The Bertz CT molecular complexity index is 382. The average molecular weight is 206 g/mol. The molecule has 0 amide bonds. The van der Waals surface area contributed by atoms with Crippen LogP contribution in [0.15, 0.2) is 23.2 Å². The molecule has 1 rings (SSSR count). The van der Waals surface area contributed by atoms with E-state index in [2.05, 4.69) is 4.99 Å². The summed E-state index contributed by atoms with van der Waals surface area (Å²) in [5.41, 5.74) is 1.93. The van der Waals surface area contributed by atoms with E-state index in [4.69, 9.17) is 4.74 Å². The topological polar surface area (TPSA) is 41.9 Å². The van der Waals surface area contributed by atoms with E-state index in [9.17, 15) is 4.79 Å². The number of anilines is 1. The molecule has 0 spiro atoms. The molecule has 1 aromatic carbocycles. The van der Waals surface area contributed by atoms with Crippen LogP contribution in [0.3, 0.4) is 0 Å². The number of aliphatic imine (C=N–C) groups is 1. The Kier molecular flexibility index (Phi) is 3.89. The van der Waals surface area contributed by atoms with E-state index in [1.54, 1.807) is 7.11 Å². The first-order valence-electron chi connectivity index (χ1n) is 4.57. The Balaban J connectivity index is 3.06. The zero-order valence-corrected chi connectivity index (χ0v) is 9.15. The molecule has 0 aliphatic carbocycles. The minimum absolute atomic E-state index is 0.300. The highest BCUT2D eigenvalue weighted by molar-refractivity contribution is 5.52. The van der Waals surface area contributed by atoms with Crippen LogP contribution in [0, 0.1) is 0 Å². The highest BCUT2D eigenvalue weighted by Gasteiger charge is 2.04. The summed E-state index contributed by atoms with van der Waals surface area (Å²) in [5.74, 6) is 0.736. The fourth-order valence-electron chi connectivity index (χ4n) is 1.28. The Labute approximate surface area is 89.2 Å². The van der Waals surface area contributed by atoms with Gasteiger partial charge in [-0.2, -0.15) is 0 Å². The molecule has 0 N–H and O–H groups in total. The van der Waals surface area contributed by atoms with Crippen LogP contribution in [-0.2, 0) is 11.3 Å². The monoisotopic (exact) mass is 206 g/mol. The molecular weight excluding hydrogens is 192 g/mol. The Morgan fingerprint density at radius 1 is 1.47 bits per heavy atom. The highest BCUT2D eigenvalue weighted by Crippen LogP contribution is 2.24. The van der Waals surface area contributed by atoms with Gasteiger partial charge < -0.3 is 9.64 Å². The fourth-order valence-corrected chi connectivity index (χ4v) is 1.28. The van der Waals surface area contributed by atoms with Crippen LogP contribution >= 0.6 is 0 Å². The molecule has 1 aromatic rings. The molecule has 15 heavy (non-hydrogen) atoms. The summed E-state index contributed by atoms with van der Waals surface area (Å²) in [7, 11) is 5.50. The van der Waals surface area contributed by atoms with Crippen molar-refractivity contribution in [1.82, 2.24) is 0 Å². The molecule has 80 valence electrons. The van der Waals surface area contributed by atoms with Crippen LogP contribution in [-0.4, -0.2) is 27.3 Å². The van der Waals surface area contributed by atoms with Crippen LogP contribution < -0.4 is 9.64 Å². The standard InChI is InChI=1S/C11H14N2O2/c1-13(2)10-4-5-11(15-3)9(6-10)7-12-8-14/h4-6H,7H2,1-3H3. The van der Waals surface area contributed by atoms with Crippen LogP contribution in [0.2, 0.25) is 0 Å². The number of benzene rings is 1. The minimum Gasteiger partial charge on any atom is -0.496 e. The third-order valence-corrected chi connectivity index (χ3v) is 2.09. The Morgan fingerprint density at radius 2 is 2.20 bits per heavy atom. The number of hydrogen-bond acceptors (Lipinski definition) is 4. The smallest absolute Gasteiger partial charge is 0.235 e. The van der Waals surface area contributed by atoms with Crippen molar-refractivity contribution in [3.63, 3.8) is 0 Å². The van der Waals surface area contributed by atoms with E-state index in [0.29, 0.717) is 6.54 Å². The van der Waals surface area contributed by atoms with Gasteiger partial charge in [-0.1, -0.05) is 0 Å². The van der Waals surface area contributed by atoms with Crippen LogP contribution in [0.25, 0.3) is 0 Å². The number of ether oxygens (including phenoxy) is 1. The second kappa shape index (κ2) is 5.17. The summed E-state index contributed by atoms with van der Waals surface area (Å²) in [6, 6.07) is 5.76. The van der Waals surface area contributed by atoms with Crippen LogP contribution in [0.4, 0.5) is 5.69 Å². The maximum absolute atomic E-state index is 10.1. The molecule has 0 unspecified atom stereocenters. The van der Waals surface area contributed by atoms with Gasteiger partial charge in [0.05, 0.1) is 13.7 Å². The van der Waals surface area contributed by atoms with Crippen molar-refractivity contribution >= 4 is 11.8 Å². The minimum atomic E-state index is 0.300. The van der Waals surface area contributed by atoms with Gasteiger partial charge in [0, 0.05) is 25.3 Å². The Hall–Kier alpha value is -1.80. The lowest BCUT2D eigenvalue weighted by molar-refractivity contribution is 0.410. The van der Waals surface area contributed by atoms with E-state index in [1.807, 2.05) is 37.2 Å². The van der Waals surface area contributed by atoms with Gasteiger partial charge in [0.1, 0.15) is 5.75 Å². The van der Waals surface area contributed by atoms with Gasteiger partial charge in [-0.25, -0.2) is 9.79 Å².